The van der Waals surface area contributed by atoms with Crippen molar-refractivity contribution in [3.63, 3.8) is 0 Å². The summed E-state index contributed by atoms with van der Waals surface area (Å²) in [6, 6.07) is 16.3. The minimum Gasteiger partial charge on any atom is -0.453 e. The fourth-order valence-electron chi connectivity index (χ4n) is 2.55. The number of carbonyl (C=O) groups is 2. The van der Waals surface area contributed by atoms with Crippen LogP contribution in [0.4, 0.5) is 0 Å². The molecule has 0 saturated heterocycles. The first-order valence-corrected chi connectivity index (χ1v) is 6.57. The zero-order valence-electron chi connectivity index (χ0n) is 11.1. The Bertz CT molecular complexity index is 661. The Kier molecular flexibility index (Phi) is 3.11. The third kappa shape index (κ3) is 2.01. The van der Waals surface area contributed by atoms with Gasteiger partial charge in [-0.15, -0.1) is 0 Å². The lowest BCUT2D eigenvalue weighted by Crippen LogP contribution is -2.19. The Morgan fingerprint density at radius 1 is 1.05 bits per heavy atom. The number of hydrogen-bond acceptors (Lipinski definition) is 3. The lowest BCUT2D eigenvalue weighted by atomic mass is 9.89. The lowest BCUT2D eigenvalue weighted by molar-refractivity contribution is 0.0262. The molecule has 1 heterocycles. The van der Waals surface area contributed by atoms with Gasteiger partial charge in [-0.2, -0.15) is 0 Å². The van der Waals surface area contributed by atoms with Crippen LogP contribution in [-0.2, 0) is 4.74 Å². The summed E-state index contributed by atoms with van der Waals surface area (Å²) in [4.78, 5) is 24.3. The molecule has 1 aliphatic rings. The molecule has 3 heteroatoms. The van der Waals surface area contributed by atoms with E-state index in [2.05, 4.69) is 0 Å². The average Bonchev–Trinajstić information content (AvgIpc) is 2.84. The zero-order chi connectivity index (χ0) is 14.1. The summed E-state index contributed by atoms with van der Waals surface area (Å²) in [6.07, 6.45) is -0.494. The number of rotatable bonds is 3. The van der Waals surface area contributed by atoms with Gasteiger partial charge in [0.15, 0.2) is 5.78 Å². The molecule has 3 rings (SSSR count). The summed E-state index contributed by atoms with van der Waals surface area (Å²) in [5.41, 5.74) is 2.00. The molecule has 20 heavy (non-hydrogen) atoms. The van der Waals surface area contributed by atoms with Crippen LogP contribution >= 0.6 is 0 Å². The highest BCUT2D eigenvalue weighted by Gasteiger charge is 2.37. The summed E-state index contributed by atoms with van der Waals surface area (Å²) in [7, 11) is 0. The molecule has 2 atom stereocenters. The highest BCUT2D eigenvalue weighted by Crippen LogP contribution is 2.37. The quantitative estimate of drug-likeness (QED) is 0.631. The van der Waals surface area contributed by atoms with Crippen molar-refractivity contribution in [3.8, 4) is 0 Å². The van der Waals surface area contributed by atoms with Crippen molar-refractivity contribution in [2.45, 2.75) is 13.0 Å². The average molecular weight is 266 g/mol. The van der Waals surface area contributed by atoms with E-state index < -0.39 is 12.0 Å². The van der Waals surface area contributed by atoms with Crippen molar-refractivity contribution in [2.24, 2.45) is 5.92 Å². The van der Waals surface area contributed by atoms with E-state index >= 15 is 0 Å². The van der Waals surface area contributed by atoms with Crippen LogP contribution in [0.3, 0.4) is 0 Å². The molecule has 2 unspecified atom stereocenters. The van der Waals surface area contributed by atoms with Crippen LogP contribution in [0, 0.1) is 5.92 Å². The number of Topliss-reactive ketones (excluding diaryl/α,β-unsaturated/α-hetero) is 1. The number of ether oxygens (including phenoxy) is 1. The first kappa shape index (κ1) is 12.6. The number of ketones is 1. The van der Waals surface area contributed by atoms with Crippen molar-refractivity contribution in [1.82, 2.24) is 0 Å². The highest BCUT2D eigenvalue weighted by atomic mass is 16.5. The number of hydrogen-bond donors (Lipinski definition) is 0. The number of fused-ring (bicyclic) bond motifs is 1. The predicted octanol–water partition coefficient (Wildman–Crippen LogP) is 3.42. The Balaban J connectivity index is 1.91. The molecule has 2 aromatic carbocycles. The number of carbonyl (C=O) groups excluding carboxylic acids is 2. The Labute approximate surface area is 117 Å². The van der Waals surface area contributed by atoms with Crippen molar-refractivity contribution in [1.29, 1.82) is 0 Å². The molecular formula is C17H14O3. The molecular weight excluding hydrogens is 252 g/mol. The first-order chi connectivity index (χ1) is 9.68. The van der Waals surface area contributed by atoms with Crippen LogP contribution < -0.4 is 0 Å². The van der Waals surface area contributed by atoms with E-state index in [9.17, 15) is 9.59 Å². The number of benzene rings is 2. The Morgan fingerprint density at radius 3 is 2.45 bits per heavy atom. The summed E-state index contributed by atoms with van der Waals surface area (Å²) in [5.74, 6) is -0.761. The molecule has 1 aliphatic heterocycles. The molecule has 100 valence electrons. The summed E-state index contributed by atoms with van der Waals surface area (Å²) in [5, 5.41) is 0. The lowest BCUT2D eigenvalue weighted by Gasteiger charge is -2.18. The molecule has 0 bridgehead atoms. The van der Waals surface area contributed by atoms with Gasteiger partial charge in [-0.25, -0.2) is 4.79 Å². The molecule has 0 fully saturated rings. The second-order valence-corrected chi connectivity index (χ2v) is 4.93. The second kappa shape index (κ2) is 4.93. The van der Waals surface area contributed by atoms with E-state index in [1.165, 1.54) is 0 Å². The molecule has 0 spiro atoms. The highest BCUT2D eigenvalue weighted by molar-refractivity contribution is 6.00. The van der Waals surface area contributed by atoms with Crippen LogP contribution in [0.1, 0.15) is 39.3 Å². The van der Waals surface area contributed by atoms with Gasteiger partial charge in [0.1, 0.15) is 6.10 Å². The van der Waals surface area contributed by atoms with E-state index in [0.717, 1.165) is 5.56 Å². The van der Waals surface area contributed by atoms with Gasteiger partial charge in [0.25, 0.3) is 0 Å². The maximum Gasteiger partial charge on any atom is 0.339 e. The maximum atomic E-state index is 12.5. The third-order valence-electron chi connectivity index (χ3n) is 3.65. The van der Waals surface area contributed by atoms with Crippen LogP contribution in [0.5, 0.6) is 0 Å². The van der Waals surface area contributed by atoms with Crippen LogP contribution in [0.25, 0.3) is 0 Å². The number of esters is 1. The van der Waals surface area contributed by atoms with Gasteiger partial charge in [-0.05, 0) is 6.07 Å². The van der Waals surface area contributed by atoms with Crippen molar-refractivity contribution >= 4 is 11.8 Å². The van der Waals surface area contributed by atoms with E-state index in [0.29, 0.717) is 11.1 Å². The molecule has 0 aromatic heterocycles. The predicted molar refractivity (Wildman–Crippen MR) is 74.5 cm³/mol. The van der Waals surface area contributed by atoms with E-state index in [1.54, 1.807) is 31.2 Å². The SMILES string of the molecule is CC(C(=O)c1ccccc1)C1OC(=O)c2ccccc21. The van der Waals surface area contributed by atoms with Gasteiger partial charge in [0.2, 0.25) is 0 Å². The van der Waals surface area contributed by atoms with Crippen molar-refractivity contribution in [2.75, 3.05) is 0 Å². The van der Waals surface area contributed by atoms with Crippen LogP contribution in [-0.4, -0.2) is 11.8 Å². The zero-order valence-corrected chi connectivity index (χ0v) is 11.1. The van der Waals surface area contributed by atoms with Crippen molar-refractivity contribution < 1.29 is 14.3 Å². The third-order valence-corrected chi connectivity index (χ3v) is 3.65. The van der Waals surface area contributed by atoms with Crippen LogP contribution in [0.15, 0.2) is 54.6 Å². The molecule has 2 aromatic rings. The van der Waals surface area contributed by atoms with E-state index in [-0.39, 0.29) is 11.8 Å². The summed E-state index contributed by atoms with van der Waals surface area (Å²) in [6.45, 7) is 1.80. The Morgan fingerprint density at radius 2 is 1.70 bits per heavy atom. The van der Waals surface area contributed by atoms with E-state index in [1.807, 2.05) is 30.3 Å². The van der Waals surface area contributed by atoms with E-state index in [4.69, 9.17) is 4.74 Å². The molecule has 0 radical (unpaired) electrons. The smallest absolute Gasteiger partial charge is 0.339 e. The fourth-order valence-corrected chi connectivity index (χ4v) is 2.55. The molecule has 0 saturated carbocycles. The van der Waals surface area contributed by atoms with Gasteiger partial charge >= 0.3 is 5.97 Å². The molecule has 0 N–H and O–H groups in total. The molecule has 0 aliphatic carbocycles. The fraction of sp³-hybridized carbons (Fsp3) is 0.176. The van der Waals surface area contributed by atoms with Crippen LogP contribution in [0.2, 0.25) is 0 Å². The second-order valence-electron chi connectivity index (χ2n) is 4.93. The van der Waals surface area contributed by atoms with Gasteiger partial charge in [0.05, 0.1) is 11.5 Å². The van der Waals surface area contributed by atoms with Gasteiger partial charge in [-0.3, -0.25) is 4.79 Å². The molecule has 0 amide bonds. The van der Waals surface area contributed by atoms with Crippen molar-refractivity contribution in [3.05, 3.63) is 71.3 Å². The normalized spacial score (nSPS) is 18.2. The van der Waals surface area contributed by atoms with Gasteiger partial charge < -0.3 is 4.74 Å². The first-order valence-electron chi connectivity index (χ1n) is 6.57. The topological polar surface area (TPSA) is 43.4 Å². The molecule has 3 nitrogen and oxygen atoms in total. The summed E-state index contributed by atoms with van der Waals surface area (Å²) < 4.78 is 5.38. The minimum atomic E-state index is -0.494. The minimum absolute atomic E-state index is 0.0138. The standard InChI is InChI=1S/C17H14O3/c1-11(15(18)12-7-3-2-4-8-12)16-13-9-5-6-10-14(13)17(19)20-16/h2-11,16H,1H3. The number of cyclic esters (lactones) is 1. The van der Waals surface area contributed by atoms with Gasteiger partial charge in [-0.1, -0.05) is 55.5 Å². The largest absolute Gasteiger partial charge is 0.453 e. The summed E-state index contributed by atoms with van der Waals surface area (Å²) >= 11 is 0. The monoisotopic (exact) mass is 266 g/mol. The maximum absolute atomic E-state index is 12.5. The Hall–Kier alpha value is -2.42. The van der Waals surface area contributed by atoms with Gasteiger partial charge in [0, 0.05) is 11.1 Å².